The zero-order valence-electron chi connectivity index (χ0n) is 16.1. The van der Waals surface area contributed by atoms with Crippen molar-refractivity contribution in [1.29, 1.82) is 0 Å². The number of rotatable bonds is 3. The number of carboxylic acids is 1. The van der Waals surface area contributed by atoms with Crippen molar-refractivity contribution in [2.45, 2.75) is 18.8 Å². The summed E-state index contributed by atoms with van der Waals surface area (Å²) >= 11 is 7.08. The van der Waals surface area contributed by atoms with Gasteiger partial charge in [-0.15, -0.1) is 0 Å². The van der Waals surface area contributed by atoms with Gasteiger partial charge in [0.15, 0.2) is 5.13 Å². The van der Waals surface area contributed by atoms with Crippen molar-refractivity contribution in [3.63, 3.8) is 0 Å². The van der Waals surface area contributed by atoms with E-state index in [2.05, 4.69) is 10.3 Å². The Kier molecular flexibility index (Phi) is 5.25. The zero-order valence-corrected chi connectivity index (χ0v) is 17.7. The molecule has 1 fully saturated rings. The fourth-order valence-electron chi connectivity index (χ4n) is 4.10. The largest absolute Gasteiger partial charge is 0.478 e. The molecule has 0 aliphatic carbocycles. The quantitative estimate of drug-likeness (QED) is 0.703. The highest BCUT2D eigenvalue weighted by molar-refractivity contribution is 7.19. The number of hydrogen-bond donors (Lipinski definition) is 2. The third-order valence-corrected chi connectivity index (χ3v) is 6.53. The van der Waals surface area contributed by atoms with Crippen LogP contribution in [0.15, 0.2) is 30.5 Å². The first-order valence-electron chi connectivity index (χ1n) is 9.28. The van der Waals surface area contributed by atoms with E-state index < -0.39 is 11.4 Å². The third-order valence-electron chi connectivity index (χ3n) is 5.50. The first-order valence-corrected chi connectivity index (χ1v) is 10.5. The maximum Gasteiger partial charge on any atom is 0.328 e. The summed E-state index contributed by atoms with van der Waals surface area (Å²) in [5, 5.41) is 12.1. The lowest BCUT2D eigenvalue weighted by Gasteiger charge is -2.25. The van der Waals surface area contributed by atoms with Gasteiger partial charge in [0.25, 0.3) is 0 Å². The zero-order chi connectivity index (χ0) is 21.5. The van der Waals surface area contributed by atoms with Crippen molar-refractivity contribution >= 4 is 57.7 Å². The van der Waals surface area contributed by atoms with Gasteiger partial charge in [0, 0.05) is 43.7 Å². The number of anilines is 2. The van der Waals surface area contributed by atoms with Gasteiger partial charge in [0.1, 0.15) is 4.34 Å². The first-order chi connectivity index (χ1) is 14.3. The minimum absolute atomic E-state index is 0.00400. The molecule has 3 heterocycles. The van der Waals surface area contributed by atoms with Gasteiger partial charge < -0.3 is 10.0 Å². The highest BCUT2D eigenvalue weighted by Gasteiger charge is 2.49. The number of carboxylic acid groups (broad SMARTS) is 1. The van der Waals surface area contributed by atoms with Gasteiger partial charge in [0.2, 0.25) is 5.91 Å². The molecule has 8 nitrogen and oxygen atoms in total. The number of aliphatic carboxylic acids is 1. The number of benzene rings is 1. The summed E-state index contributed by atoms with van der Waals surface area (Å²) < 4.78 is 0.478. The van der Waals surface area contributed by atoms with Gasteiger partial charge in [-0.3, -0.25) is 15.0 Å². The molecule has 1 aromatic carbocycles. The molecule has 0 saturated carbocycles. The molecule has 1 saturated heterocycles. The van der Waals surface area contributed by atoms with Crippen molar-refractivity contribution in [2.75, 3.05) is 29.9 Å². The number of thiazole rings is 1. The number of fused-ring (bicyclic) bond motifs is 2. The van der Waals surface area contributed by atoms with E-state index in [0.717, 1.165) is 29.3 Å². The average Bonchev–Trinajstić information content (AvgIpc) is 3.39. The Bertz CT molecular complexity index is 1070. The number of aromatic nitrogens is 1. The van der Waals surface area contributed by atoms with Crippen LogP contribution < -0.4 is 10.2 Å². The van der Waals surface area contributed by atoms with E-state index in [9.17, 15) is 14.4 Å². The Morgan fingerprint density at radius 3 is 2.77 bits per heavy atom. The molecule has 10 heteroatoms. The standard InChI is InChI=1S/C20H19ClN4O4S/c1-12(26)24-7-6-20(10-24)11-25(19(29)23-18-22-9-16(21)30-18)15-4-2-13(8-14(15)20)3-5-17(27)28/h2-5,8-9H,6-7,10-11H2,1H3,(H,27,28)(H,22,23,29). The molecule has 3 amide bonds. The van der Waals surface area contributed by atoms with Gasteiger partial charge in [-0.1, -0.05) is 29.0 Å². The summed E-state index contributed by atoms with van der Waals surface area (Å²) in [7, 11) is 0. The van der Waals surface area contributed by atoms with Crippen LogP contribution in [-0.4, -0.2) is 52.5 Å². The Morgan fingerprint density at radius 2 is 2.13 bits per heavy atom. The summed E-state index contributed by atoms with van der Waals surface area (Å²) in [4.78, 5) is 43.3. The smallest absolute Gasteiger partial charge is 0.328 e. The molecule has 1 atom stereocenters. The van der Waals surface area contributed by atoms with E-state index in [1.54, 1.807) is 15.9 Å². The van der Waals surface area contributed by atoms with Crippen LogP contribution in [0.5, 0.6) is 0 Å². The Morgan fingerprint density at radius 1 is 1.33 bits per heavy atom. The first kappa shape index (κ1) is 20.4. The molecule has 0 bridgehead atoms. The lowest BCUT2D eigenvalue weighted by molar-refractivity contribution is -0.131. The van der Waals surface area contributed by atoms with Crippen LogP contribution in [0.1, 0.15) is 24.5 Å². The molecule has 2 aromatic rings. The maximum atomic E-state index is 13.0. The molecule has 1 unspecified atom stereocenters. The number of hydrogen-bond acceptors (Lipinski definition) is 5. The predicted molar refractivity (Wildman–Crippen MR) is 115 cm³/mol. The summed E-state index contributed by atoms with van der Waals surface area (Å²) in [5.74, 6) is -1.03. The molecule has 2 N–H and O–H groups in total. The third kappa shape index (κ3) is 3.78. The monoisotopic (exact) mass is 446 g/mol. The van der Waals surface area contributed by atoms with Gasteiger partial charge in [0.05, 0.1) is 6.20 Å². The molecule has 0 radical (unpaired) electrons. The van der Waals surface area contributed by atoms with E-state index in [-0.39, 0.29) is 11.9 Å². The lowest BCUT2D eigenvalue weighted by Crippen LogP contribution is -2.41. The summed E-state index contributed by atoms with van der Waals surface area (Å²) in [6, 6.07) is 5.17. The molecule has 4 rings (SSSR count). The minimum Gasteiger partial charge on any atom is -0.478 e. The Balaban J connectivity index is 1.69. The van der Waals surface area contributed by atoms with Gasteiger partial charge in [-0.25, -0.2) is 14.6 Å². The van der Waals surface area contributed by atoms with E-state index in [0.29, 0.717) is 29.1 Å². The van der Waals surface area contributed by atoms with E-state index in [1.165, 1.54) is 30.5 Å². The second-order valence-electron chi connectivity index (χ2n) is 7.40. The summed E-state index contributed by atoms with van der Waals surface area (Å²) in [5.41, 5.74) is 2.01. The molecular formula is C20H19ClN4O4S. The number of likely N-dealkylation sites (tertiary alicyclic amines) is 1. The van der Waals surface area contributed by atoms with Crippen LogP contribution >= 0.6 is 22.9 Å². The van der Waals surface area contributed by atoms with E-state index >= 15 is 0 Å². The molecule has 30 heavy (non-hydrogen) atoms. The number of halogens is 1. The van der Waals surface area contributed by atoms with Crippen molar-refractivity contribution in [3.8, 4) is 0 Å². The van der Waals surface area contributed by atoms with Crippen molar-refractivity contribution in [1.82, 2.24) is 9.88 Å². The van der Waals surface area contributed by atoms with Crippen LogP contribution in [-0.2, 0) is 15.0 Å². The van der Waals surface area contributed by atoms with Crippen LogP contribution in [0.25, 0.3) is 6.08 Å². The van der Waals surface area contributed by atoms with Crippen LogP contribution in [0, 0.1) is 0 Å². The number of carbonyl (C=O) groups is 3. The Hall–Kier alpha value is -2.91. The number of carbonyl (C=O) groups excluding carboxylic acids is 2. The fourth-order valence-corrected chi connectivity index (χ4v) is 4.90. The molecule has 2 aliphatic rings. The SMILES string of the molecule is CC(=O)N1CCC2(C1)CN(C(=O)Nc1ncc(Cl)s1)c1ccc(C=CC(=O)O)cc12. The number of amides is 3. The second-order valence-corrected chi connectivity index (χ2v) is 9.07. The highest BCUT2D eigenvalue weighted by atomic mass is 35.5. The number of urea groups is 1. The normalized spacial score (nSPS) is 20.2. The van der Waals surface area contributed by atoms with Gasteiger partial charge in [-0.05, 0) is 35.8 Å². The van der Waals surface area contributed by atoms with Crippen molar-refractivity contribution in [3.05, 3.63) is 45.9 Å². The van der Waals surface area contributed by atoms with Crippen LogP contribution in [0.4, 0.5) is 15.6 Å². The maximum absolute atomic E-state index is 13.0. The lowest BCUT2D eigenvalue weighted by atomic mass is 9.81. The Labute approximate surface area is 181 Å². The number of nitrogens with zero attached hydrogens (tertiary/aromatic N) is 3. The summed E-state index contributed by atoms with van der Waals surface area (Å²) in [6.45, 7) is 3.08. The minimum atomic E-state index is -1.03. The van der Waals surface area contributed by atoms with Crippen molar-refractivity contribution in [2.24, 2.45) is 0 Å². The van der Waals surface area contributed by atoms with E-state index in [1.807, 2.05) is 12.1 Å². The second kappa shape index (κ2) is 7.73. The van der Waals surface area contributed by atoms with E-state index in [4.69, 9.17) is 16.7 Å². The number of nitrogens with one attached hydrogen (secondary N) is 1. The summed E-state index contributed by atoms with van der Waals surface area (Å²) in [6.07, 6.45) is 4.80. The molecular weight excluding hydrogens is 428 g/mol. The average molecular weight is 447 g/mol. The predicted octanol–water partition coefficient (Wildman–Crippen LogP) is 3.44. The van der Waals surface area contributed by atoms with Crippen molar-refractivity contribution < 1.29 is 19.5 Å². The molecule has 156 valence electrons. The molecule has 1 aromatic heterocycles. The molecule has 2 aliphatic heterocycles. The molecule has 1 spiro atoms. The highest BCUT2D eigenvalue weighted by Crippen LogP contribution is 2.47. The van der Waals surface area contributed by atoms with Gasteiger partial charge in [-0.2, -0.15) is 0 Å². The van der Waals surface area contributed by atoms with Crippen LogP contribution in [0.3, 0.4) is 0 Å². The topological polar surface area (TPSA) is 103 Å². The fraction of sp³-hybridized carbons (Fsp3) is 0.300. The van der Waals surface area contributed by atoms with Gasteiger partial charge >= 0.3 is 12.0 Å². The van der Waals surface area contributed by atoms with Crippen LogP contribution in [0.2, 0.25) is 4.34 Å².